The molecule has 2 rings (SSSR count). The molecule has 1 atom stereocenters. The maximum atomic E-state index is 9.55. The average Bonchev–Trinajstić information content (AvgIpc) is 2.85. The number of rotatable bonds is 4. The topological polar surface area (TPSA) is 41.3 Å². The Bertz CT molecular complexity index is 391. The Balaban J connectivity index is 2.16. The smallest absolute Gasteiger partial charge is 0.0767 e. The second-order valence-corrected chi connectivity index (χ2v) is 5.35. The van der Waals surface area contributed by atoms with Crippen LogP contribution in [-0.4, -0.2) is 39.0 Å². The third-order valence-corrected chi connectivity index (χ3v) is 4.23. The fourth-order valence-corrected chi connectivity index (χ4v) is 3.03. The molecule has 0 radical (unpaired) electrons. The first-order valence-corrected chi connectivity index (χ1v) is 7.09. The molecule has 1 aromatic rings. The molecule has 1 N–H and O–H groups in total. The van der Waals surface area contributed by atoms with Gasteiger partial charge in [-0.25, -0.2) is 0 Å². The molecule has 1 fully saturated rings. The molecule has 0 saturated carbocycles. The van der Waals surface area contributed by atoms with Gasteiger partial charge in [-0.3, -0.25) is 9.58 Å². The normalized spacial score (nSPS) is 21.3. The maximum absolute atomic E-state index is 9.55. The molecule has 0 amide bonds. The third kappa shape index (κ3) is 2.72. The number of β-amino-alcohol motifs (C(OH)–C–C–N with tert-alkyl or cyclic N) is 1. The van der Waals surface area contributed by atoms with Crippen LogP contribution in [0.5, 0.6) is 0 Å². The van der Waals surface area contributed by atoms with Crippen molar-refractivity contribution in [2.45, 2.75) is 45.9 Å². The first kappa shape index (κ1) is 13.1. The van der Waals surface area contributed by atoms with E-state index in [2.05, 4.69) is 44.5 Å². The van der Waals surface area contributed by atoms with Crippen LogP contribution in [0.3, 0.4) is 0 Å². The van der Waals surface area contributed by atoms with Crippen molar-refractivity contribution in [2.75, 3.05) is 13.1 Å². The van der Waals surface area contributed by atoms with Crippen molar-refractivity contribution in [1.29, 1.82) is 0 Å². The van der Waals surface area contributed by atoms with Crippen LogP contribution in [-0.2, 0) is 19.5 Å². The Morgan fingerprint density at radius 3 is 2.76 bits per heavy atom. The van der Waals surface area contributed by atoms with Gasteiger partial charge in [-0.05, 0) is 35.7 Å². The van der Waals surface area contributed by atoms with Crippen LogP contribution in [0.15, 0.2) is 4.47 Å². The van der Waals surface area contributed by atoms with Crippen molar-refractivity contribution in [3.63, 3.8) is 0 Å². The van der Waals surface area contributed by atoms with E-state index in [9.17, 15) is 5.11 Å². The highest BCUT2D eigenvalue weighted by Crippen LogP contribution is 2.25. The van der Waals surface area contributed by atoms with Gasteiger partial charge in [-0.1, -0.05) is 6.92 Å². The highest BCUT2D eigenvalue weighted by molar-refractivity contribution is 9.10. The molecule has 1 aromatic heterocycles. The van der Waals surface area contributed by atoms with Gasteiger partial charge in [0.25, 0.3) is 0 Å². The number of aliphatic hydroxyl groups excluding tert-OH is 1. The molecule has 2 heterocycles. The van der Waals surface area contributed by atoms with E-state index < -0.39 is 0 Å². The molecule has 17 heavy (non-hydrogen) atoms. The highest BCUT2D eigenvalue weighted by atomic mass is 79.9. The van der Waals surface area contributed by atoms with Crippen LogP contribution < -0.4 is 0 Å². The molecular formula is C12H20BrN3O. The lowest BCUT2D eigenvalue weighted by Crippen LogP contribution is -2.23. The minimum atomic E-state index is -0.155. The van der Waals surface area contributed by atoms with Crippen LogP contribution in [0.2, 0.25) is 0 Å². The summed E-state index contributed by atoms with van der Waals surface area (Å²) in [4.78, 5) is 2.29. The molecule has 96 valence electrons. The van der Waals surface area contributed by atoms with Crippen molar-refractivity contribution in [1.82, 2.24) is 14.7 Å². The molecular weight excluding hydrogens is 282 g/mol. The van der Waals surface area contributed by atoms with Crippen molar-refractivity contribution in [3.8, 4) is 0 Å². The Labute approximate surface area is 111 Å². The number of halogens is 1. The van der Waals surface area contributed by atoms with E-state index in [-0.39, 0.29) is 6.10 Å². The van der Waals surface area contributed by atoms with Gasteiger partial charge < -0.3 is 5.11 Å². The van der Waals surface area contributed by atoms with E-state index >= 15 is 0 Å². The molecule has 0 spiro atoms. The van der Waals surface area contributed by atoms with Crippen LogP contribution in [0.4, 0.5) is 0 Å². The highest BCUT2D eigenvalue weighted by Gasteiger charge is 2.23. The summed E-state index contributed by atoms with van der Waals surface area (Å²) in [6, 6.07) is 0. The number of hydrogen-bond donors (Lipinski definition) is 1. The summed E-state index contributed by atoms with van der Waals surface area (Å²) >= 11 is 3.65. The molecule has 1 aliphatic heterocycles. The lowest BCUT2D eigenvalue weighted by Gasteiger charge is -2.16. The first-order chi connectivity index (χ1) is 8.15. The van der Waals surface area contributed by atoms with Gasteiger partial charge in [-0.2, -0.15) is 5.10 Å². The molecule has 0 bridgehead atoms. The van der Waals surface area contributed by atoms with Gasteiger partial charge in [0.15, 0.2) is 0 Å². The third-order valence-electron chi connectivity index (χ3n) is 3.32. The number of likely N-dealkylation sites (tertiary alicyclic amines) is 1. The van der Waals surface area contributed by atoms with Gasteiger partial charge in [0.05, 0.1) is 22.0 Å². The van der Waals surface area contributed by atoms with Gasteiger partial charge in [0.1, 0.15) is 0 Å². The zero-order valence-electron chi connectivity index (χ0n) is 10.5. The number of nitrogens with zero attached hydrogens (tertiary/aromatic N) is 3. The summed E-state index contributed by atoms with van der Waals surface area (Å²) < 4.78 is 3.21. The molecule has 0 aromatic carbocycles. The summed E-state index contributed by atoms with van der Waals surface area (Å²) in [5.74, 6) is 0. The number of aryl methyl sites for hydroxylation is 2. The Hall–Kier alpha value is -0.390. The second-order valence-electron chi connectivity index (χ2n) is 4.55. The SMILES string of the molecule is CCc1nn(CC)c(CN2CC[C@H](O)C2)c1Br. The van der Waals surface area contributed by atoms with E-state index in [0.717, 1.165) is 49.2 Å². The van der Waals surface area contributed by atoms with Crippen molar-refractivity contribution in [2.24, 2.45) is 0 Å². The minimum absolute atomic E-state index is 0.155. The molecule has 4 nitrogen and oxygen atoms in total. The fraction of sp³-hybridized carbons (Fsp3) is 0.750. The summed E-state index contributed by atoms with van der Waals surface area (Å²) in [6.07, 6.45) is 1.68. The van der Waals surface area contributed by atoms with Crippen LogP contribution in [0.25, 0.3) is 0 Å². The largest absolute Gasteiger partial charge is 0.392 e. The van der Waals surface area contributed by atoms with E-state index in [4.69, 9.17) is 0 Å². The predicted molar refractivity (Wildman–Crippen MR) is 70.9 cm³/mol. The second kappa shape index (κ2) is 5.50. The van der Waals surface area contributed by atoms with Crippen LogP contribution in [0, 0.1) is 0 Å². The monoisotopic (exact) mass is 301 g/mol. The standard InChI is InChI=1S/C12H20BrN3O/c1-3-10-12(13)11(16(4-2)14-10)8-15-6-5-9(17)7-15/h9,17H,3-8H2,1-2H3/t9-/m0/s1. The first-order valence-electron chi connectivity index (χ1n) is 6.30. The molecule has 1 saturated heterocycles. The van der Waals surface area contributed by atoms with E-state index in [0.29, 0.717) is 0 Å². The lowest BCUT2D eigenvalue weighted by molar-refractivity contribution is 0.173. The molecule has 0 unspecified atom stereocenters. The zero-order valence-corrected chi connectivity index (χ0v) is 12.1. The maximum Gasteiger partial charge on any atom is 0.0767 e. The zero-order chi connectivity index (χ0) is 12.4. The molecule has 0 aliphatic carbocycles. The van der Waals surface area contributed by atoms with Crippen molar-refractivity contribution < 1.29 is 5.11 Å². The summed E-state index contributed by atoms with van der Waals surface area (Å²) in [7, 11) is 0. The molecule has 1 aliphatic rings. The number of aliphatic hydroxyl groups is 1. The van der Waals surface area contributed by atoms with E-state index in [1.807, 2.05) is 0 Å². The Morgan fingerprint density at radius 1 is 1.47 bits per heavy atom. The quantitative estimate of drug-likeness (QED) is 0.922. The number of hydrogen-bond acceptors (Lipinski definition) is 3. The van der Waals surface area contributed by atoms with Gasteiger partial charge in [0.2, 0.25) is 0 Å². The van der Waals surface area contributed by atoms with E-state index in [1.165, 1.54) is 5.69 Å². The van der Waals surface area contributed by atoms with Crippen LogP contribution >= 0.6 is 15.9 Å². The summed E-state index contributed by atoms with van der Waals surface area (Å²) in [6.45, 7) is 7.76. The van der Waals surface area contributed by atoms with Crippen molar-refractivity contribution >= 4 is 15.9 Å². The Morgan fingerprint density at radius 2 is 2.24 bits per heavy atom. The summed E-state index contributed by atoms with van der Waals surface area (Å²) in [5, 5.41) is 14.1. The number of aromatic nitrogens is 2. The van der Waals surface area contributed by atoms with Gasteiger partial charge in [-0.15, -0.1) is 0 Å². The van der Waals surface area contributed by atoms with Gasteiger partial charge >= 0.3 is 0 Å². The predicted octanol–water partition coefficient (Wildman–Crippen LogP) is 1.79. The minimum Gasteiger partial charge on any atom is -0.392 e. The van der Waals surface area contributed by atoms with Gasteiger partial charge in [0, 0.05) is 26.2 Å². The van der Waals surface area contributed by atoms with Crippen LogP contribution in [0.1, 0.15) is 31.7 Å². The molecule has 5 heteroatoms. The lowest BCUT2D eigenvalue weighted by atomic mass is 10.3. The summed E-state index contributed by atoms with van der Waals surface area (Å²) in [5.41, 5.74) is 2.36. The fourth-order valence-electron chi connectivity index (χ4n) is 2.34. The van der Waals surface area contributed by atoms with E-state index in [1.54, 1.807) is 0 Å². The Kier molecular flexibility index (Phi) is 4.22. The average molecular weight is 302 g/mol. The van der Waals surface area contributed by atoms with Crippen molar-refractivity contribution in [3.05, 3.63) is 15.9 Å².